The van der Waals surface area contributed by atoms with Gasteiger partial charge in [-0.2, -0.15) is 16.5 Å². The van der Waals surface area contributed by atoms with Crippen molar-refractivity contribution in [2.24, 2.45) is 16.5 Å². The molecule has 2 aromatic rings. The highest BCUT2D eigenvalue weighted by atomic mass is 32.2. The molecule has 1 fully saturated rings. The van der Waals surface area contributed by atoms with Crippen LogP contribution in [0.25, 0.3) is 10.8 Å². The fraction of sp³-hybridized carbons (Fsp3) is 0.500. The minimum atomic E-state index is -4.02. The van der Waals surface area contributed by atoms with Gasteiger partial charge in [0.25, 0.3) is 0 Å². The maximum absolute atomic E-state index is 13.2. The number of nitrogens with one attached hydrogen (secondary N) is 1. The Labute approximate surface area is 211 Å². The monoisotopic (exact) mass is 521 g/mol. The van der Waals surface area contributed by atoms with E-state index >= 15 is 0 Å². The Kier molecular flexibility index (Phi) is 10.2. The highest BCUT2D eigenvalue weighted by Gasteiger charge is 2.35. The van der Waals surface area contributed by atoms with Gasteiger partial charge in [-0.15, -0.1) is 0 Å². The highest BCUT2D eigenvalue weighted by molar-refractivity contribution is 7.99. The number of hydrogen-bond donors (Lipinski definition) is 4. The highest BCUT2D eigenvalue weighted by Crippen LogP contribution is 2.25. The third kappa shape index (κ3) is 7.57. The van der Waals surface area contributed by atoms with Crippen LogP contribution in [0.2, 0.25) is 0 Å². The molecular formula is C24H35N5O4S2. The summed E-state index contributed by atoms with van der Waals surface area (Å²) in [7, 11) is -4.02. The number of aliphatic imine (C=N–C) groups is 1. The lowest BCUT2D eigenvalue weighted by Gasteiger charge is -2.28. The van der Waals surface area contributed by atoms with Gasteiger partial charge in [0.2, 0.25) is 15.9 Å². The summed E-state index contributed by atoms with van der Waals surface area (Å²) in [5.41, 5.74) is 10.6. The SMILES string of the molecule is NC(N)=NCCCCCSC[C@@H]1CCCN1C(=O)[C@@H](CO)NS(=O)(=O)c1cccc2ccccc12. The Hall–Kier alpha value is -2.34. The molecule has 6 N–H and O–H groups in total. The van der Waals surface area contributed by atoms with Gasteiger partial charge in [0.1, 0.15) is 6.04 Å². The molecule has 0 radical (unpaired) electrons. The number of sulfonamides is 1. The fourth-order valence-electron chi connectivity index (χ4n) is 4.27. The Morgan fingerprint density at radius 2 is 1.94 bits per heavy atom. The number of hydrogen-bond acceptors (Lipinski definition) is 6. The molecule has 0 unspecified atom stereocenters. The zero-order chi connectivity index (χ0) is 25.3. The van der Waals surface area contributed by atoms with Crippen molar-refractivity contribution in [2.45, 2.75) is 49.1 Å². The van der Waals surface area contributed by atoms with Gasteiger partial charge in [0, 0.05) is 30.3 Å². The third-order valence-corrected chi connectivity index (χ3v) is 8.76. The van der Waals surface area contributed by atoms with E-state index < -0.39 is 22.7 Å². The molecular weight excluding hydrogens is 486 g/mol. The summed E-state index contributed by atoms with van der Waals surface area (Å²) in [6.07, 6.45) is 4.73. The van der Waals surface area contributed by atoms with E-state index in [4.69, 9.17) is 11.5 Å². The molecule has 2 aromatic carbocycles. The molecule has 3 rings (SSSR count). The number of aliphatic hydroxyl groups excluding tert-OH is 1. The Morgan fingerprint density at radius 1 is 1.17 bits per heavy atom. The molecule has 1 amide bonds. The molecule has 35 heavy (non-hydrogen) atoms. The Bertz CT molecular complexity index is 1120. The number of aliphatic hydroxyl groups is 1. The summed E-state index contributed by atoms with van der Waals surface area (Å²) in [6, 6.07) is 11.0. The summed E-state index contributed by atoms with van der Waals surface area (Å²) in [5.74, 6) is 1.49. The Morgan fingerprint density at radius 3 is 2.71 bits per heavy atom. The lowest BCUT2D eigenvalue weighted by molar-refractivity contribution is -0.134. The van der Waals surface area contributed by atoms with Crippen molar-refractivity contribution in [2.75, 3.05) is 31.2 Å². The van der Waals surface area contributed by atoms with Crippen molar-refractivity contribution in [3.8, 4) is 0 Å². The molecule has 0 spiro atoms. The van der Waals surface area contributed by atoms with Crippen LogP contribution < -0.4 is 16.2 Å². The van der Waals surface area contributed by atoms with Crippen LogP contribution in [0.3, 0.4) is 0 Å². The number of nitrogens with zero attached hydrogens (tertiary/aromatic N) is 2. The second-order valence-corrected chi connectivity index (χ2v) is 11.4. The number of likely N-dealkylation sites (tertiary alicyclic amines) is 1. The topological polar surface area (TPSA) is 151 Å². The lowest BCUT2D eigenvalue weighted by Crippen LogP contribution is -2.52. The van der Waals surface area contributed by atoms with Gasteiger partial charge in [-0.1, -0.05) is 42.8 Å². The largest absolute Gasteiger partial charge is 0.394 e. The number of thioether (sulfide) groups is 1. The number of fused-ring (bicyclic) bond motifs is 1. The summed E-state index contributed by atoms with van der Waals surface area (Å²) in [6.45, 7) is 0.596. The normalized spacial score (nSPS) is 16.9. The first-order valence-electron chi connectivity index (χ1n) is 11.9. The van der Waals surface area contributed by atoms with Crippen molar-refractivity contribution in [1.82, 2.24) is 9.62 Å². The molecule has 9 nitrogen and oxygen atoms in total. The number of benzene rings is 2. The molecule has 0 bridgehead atoms. The van der Waals surface area contributed by atoms with Gasteiger partial charge >= 0.3 is 0 Å². The molecule has 1 saturated heterocycles. The average molecular weight is 522 g/mol. The van der Waals surface area contributed by atoms with E-state index in [1.807, 2.05) is 18.2 Å². The number of amides is 1. The molecule has 1 heterocycles. The third-order valence-electron chi connectivity index (χ3n) is 6.03. The summed E-state index contributed by atoms with van der Waals surface area (Å²) in [5, 5.41) is 11.3. The van der Waals surface area contributed by atoms with Crippen LogP contribution >= 0.6 is 11.8 Å². The van der Waals surface area contributed by atoms with E-state index in [-0.39, 0.29) is 22.8 Å². The molecule has 0 aliphatic carbocycles. The quantitative estimate of drug-likeness (QED) is 0.178. The van der Waals surface area contributed by atoms with Crippen molar-refractivity contribution in [1.29, 1.82) is 0 Å². The van der Waals surface area contributed by atoms with Gasteiger partial charge in [0.15, 0.2) is 5.96 Å². The standard InChI is InChI=1S/C24H35N5O4S2/c25-24(26)27-13-4-1-5-15-34-17-19-10-7-14-29(19)23(31)21(16-30)28-35(32,33)22-12-6-9-18-8-2-3-11-20(18)22/h2-3,6,8-9,11-12,19,21,28,30H,1,4-5,7,10,13-17H2,(H4,25,26,27)/t19-,21+/m0/s1. The molecule has 11 heteroatoms. The number of rotatable bonds is 13. The molecule has 192 valence electrons. The lowest BCUT2D eigenvalue weighted by atomic mass is 10.1. The van der Waals surface area contributed by atoms with E-state index in [1.54, 1.807) is 34.9 Å². The predicted molar refractivity (Wildman–Crippen MR) is 142 cm³/mol. The van der Waals surface area contributed by atoms with Crippen LogP contribution in [0.5, 0.6) is 0 Å². The zero-order valence-corrected chi connectivity index (χ0v) is 21.4. The van der Waals surface area contributed by atoms with Crippen LogP contribution in [0.15, 0.2) is 52.4 Å². The summed E-state index contributed by atoms with van der Waals surface area (Å²) >= 11 is 1.79. The van der Waals surface area contributed by atoms with Crippen LogP contribution in [0, 0.1) is 0 Å². The van der Waals surface area contributed by atoms with E-state index in [0.717, 1.165) is 49.0 Å². The molecule has 1 aliphatic rings. The minimum Gasteiger partial charge on any atom is -0.394 e. The van der Waals surface area contributed by atoms with Crippen molar-refractivity contribution in [3.05, 3.63) is 42.5 Å². The maximum Gasteiger partial charge on any atom is 0.243 e. The number of unbranched alkanes of at least 4 members (excludes halogenated alkanes) is 2. The minimum absolute atomic E-state index is 0.0326. The first kappa shape index (κ1) is 27.3. The second-order valence-electron chi connectivity index (χ2n) is 8.60. The summed E-state index contributed by atoms with van der Waals surface area (Å²) in [4.78, 5) is 19.0. The Balaban J connectivity index is 1.56. The number of carbonyl (C=O) groups excluding carboxylic acids is 1. The number of nitrogens with two attached hydrogens (primary N) is 2. The molecule has 1 aliphatic heterocycles. The summed E-state index contributed by atoms with van der Waals surface area (Å²) < 4.78 is 28.8. The molecule has 2 atom stereocenters. The van der Waals surface area contributed by atoms with Gasteiger partial charge in [-0.25, -0.2) is 8.42 Å². The molecule has 0 saturated carbocycles. The predicted octanol–water partition coefficient (Wildman–Crippen LogP) is 1.65. The average Bonchev–Trinajstić information content (AvgIpc) is 3.31. The van der Waals surface area contributed by atoms with Gasteiger partial charge in [0.05, 0.1) is 11.5 Å². The van der Waals surface area contributed by atoms with E-state index in [1.165, 1.54) is 6.07 Å². The van der Waals surface area contributed by atoms with E-state index in [2.05, 4.69) is 9.71 Å². The van der Waals surface area contributed by atoms with Crippen molar-refractivity contribution < 1.29 is 18.3 Å². The first-order valence-corrected chi connectivity index (χ1v) is 14.5. The van der Waals surface area contributed by atoms with Crippen LogP contribution in [-0.4, -0.2) is 73.6 Å². The molecule has 0 aromatic heterocycles. The van der Waals surface area contributed by atoms with E-state index in [0.29, 0.717) is 18.5 Å². The van der Waals surface area contributed by atoms with Crippen LogP contribution in [0.4, 0.5) is 0 Å². The smallest absolute Gasteiger partial charge is 0.243 e. The van der Waals surface area contributed by atoms with Crippen molar-refractivity contribution in [3.63, 3.8) is 0 Å². The van der Waals surface area contributed by atoms with Gasteiger partial charge in [-0.3, -0.25) is 9.79 Å². The second kappa shape index (κ2) is 13.1. The van der Waals surface area contributed by atoms with Crippen LogP contribution in [0.1, 0.15) is 32.1 Å². The first-order chi connectivity index (χ1) is 16.8. The zero-order valence-electron chi connectivity index (χ0n) is 19.8. The van der Waals surface area contributed by atoms with Gasteiger partial charge in [-0.05, 0) is 42.9 Å². The maximum atomic E-state index is 13.2. The van der Waals surface area contributed by atoms with Gasteiger partial charge < -0.3 is 21.5 Å². The fourth-order valence-corrected chi connectivity index (χ4v) is 6.87. The number of guanidine groups is 1. The number of carbonyl (C=O) groups is 1. The van der Waals surface area contributed by atoms with Crippen molar-refractivity contribution >= 4 is 44.4 Å². The van der Waals surface area contributed by atoms with E-state index in [9.17, 15) is 18.3 Å². The van der Waals surface area contributed by atoms with Crippen LogP contribution in [-0.2, 0) is 14.8 Å².